The van der Waals surface area contributed by atoms with E-state index in [1.165, 1.54) is 6.07 Å². The minimum absolute atomic E-state index is 0.0649. The molecule has 0 saturated carbocycles. The molecule has 0 atom stereocenters. The van der Waals surface area contributed by atoms with Gasteiger partial charge in [0.05, 0.1) is 5.56 Å². The van der Waals surface area contributed by atoms with Crippen LogP contribution in [-0.2, 0) is 19.3 Å². The SMILES string of the molecule is Cc1ccc(-c2ccccc2C(=O)N(Cc2ccccc2)Cc2cccc(C(F)(F)F)c2)s1. The van der Waals surface area contributed by atoms with Gasteiger partial charge in [-0.2, -0.15) is 13.2 Å². The summed E-state index contributed by atoms with van der Waals surface area (Å²) in [5, 5.41) is 0. The topological polar surface area (TPSA) is 20.3 Å². The summed E-state index contributed by atoms with van der Waals surface area (Å²) >= 11 is 1.60. The van der Waals surface area contributed by atoms with Gasteiger partial charge in [-0.3, -0.25) is 4.79 Å². The fourth-order valence-corrected chi connectivity index (χ4v) is 4.61. The molecule has 1 aromatic heterocycles. The van der Waals surface area contributed by atoms with Crippen LogP contribution in [0.1, 0.15) is 31.9 Å². The van der Waals surface area contributed by atoms with E-state index in [1.807, 2.05) is 67.6 Å². The van der Waals surface area contributed by atoms with E-state index in [0.717, 1.165) is 33.0 Å². The molecule has 0 saturated heterocycles. The Morgan fingerprint density at radius 1 is 0.818 bits per heavy atom. The quantitative estimate of drug-likeness (QED) is 0.287. The highest BCUT2D eigenvalue weighted by atomic mass is 32.1. The van der Waals surface area contributed by atoms with E-state index >= 15 is 0 Å². The summed E-state index contributed by atoms with van der Waals surface area (Å²) in [5.41, 5.74) is 1.97. The third kappa shape index (κ3) is 5.52. The largest absolute Gasteiger partial charge is 0.416 e. The molecule has 4 aromatic rings. The minimum atomic E-state index is -4.44. The second kappa shape index (κ2) is 9.63. The molecule has 1 amide bonds. The summed E-state index contributed by atoms with van der Waals surface area (Å²) in [4.78, 5) is 17.5. The Labute approximate surface area is 194 Å². The molecule has 2 nitrogen and oxygen atoms in total. The molecule has 168 valence electrons. The highest BCUT2D eigenvalue weighted by Crippen LogP contribution is 2.32. The van der Waals surface area contributed by atoms with Crippen molar-refractivity contribution < 1.29 is 18.0 Å². The number of hydrogen-bond acceptors (Lipinski definition) is 2. The van der Waals surface area contributed by atoms with Gasteiger partial charge in [0.25, 0.3) is 5.91 Å². The number of nitrogens with zero attached hydrogens (tertiary/aromatic N) is 1. The molecule has 1 heterocycles. The zero-order valence-electron chi connectivity index (χ0n) is 18.0. The first-order valence-corrected chi connectivity index (χ1v) is 11.3. The van der Waals surface area contributed by atoms with Crippen LogP contribution < -0.4 is 0 Å². The molecule has 0 bridgehead atoms. The van der Waals surface area contributed by atoms with Crippen LogP contribution in [0.25, 0.3) is 10.4 Å². The maximum Gasteiger partial charge on any atom is 0.416 e. The Morgan fingerprint density at radius 2 is 1.48 bits per heavy atom. The number of rotatable bonds is 6. The van der Waals surface area contributed by atoms with E-state index in [0.29, 0.717) is 11.1 Å². The molecule has 0 aliphatic heterocycles. The third-order valence-electron chi connectivity index (χ3n) is 5.29. The second-order valence-electron chi connectivity index (χ2n) is 7.80. The molecule has 4 rings (SSSR count). The van der Waals surface area contributed by atoms with Crippen molar-refractivity contribution in [1.29, 1.82) is 0 Å². The van der Waals surface area contributed by atoms with Gasteiger partial charge in [0, 0.05) is 34.0 Å². The molecule has 0 fully saturated rings. The van der Waals surface area contributed by atoms with Crippen LogP contribution in [0.5, 0.6) is 0 Å². The Balaban J connectivity index is 1.71. The van der Waals surface area contributed by atoms with Crippen molar-refractivity contribution in [2.75, 3.05) is 0 Å². The van der Waals surface area contributed by atoms with Crippen LogP contribution in [0, 0.1) is 6.92 Å². The highest BCUT2D eigenvalue weighted by molar-refractivity contribution is 7.15. The molecule has 3 aromatic carbocycles. The van der Waals surface area contributed by atoms with Gasteiger partial charge in [0.15, 0.2) is 0 Å². The Morgan fingerprint density at radius 3 is 2.18 bits per heavy atom. The monoisotopic (exact) mass is 465 g/mol. The van der Waals surface area contributed by atoms with Crippen LogP contribution in [0.3, 0.4) is 0 Å². The smallest absolute Gasteiger partial charge is 0.330 e. The molecular weight excluding hydrogens is 443 g/mol. The van der Waals surface area contributed by atoms with E-state index in [-0.39, 0.29) is 19.0 Å². The standard InChI is InChI=1S/C27H22F3NOS/c1-19-14-15-25(33-19)23-12-5-6-13-24(23)26(32)31(17-20-8-3-2-4-9-20)18-21-10-7-11-22(16-21)27(28,29)30/h2-16H,17-18H2,1H3. The number of carbonyl (C=O) groups excluding carboxylic acids is 1. The summed E-state index contributed by atoms with van der Waals surface area (Å²) in [6.45, 7) is 2.36. The van der Waals surface area contributed by atoms with Gasteiger partial charge < -0.3 is 4.90 Å². The van der Waals surface area contributed by atoms with E-state index in [1.54, 1.807) is 28.4 Å². The molecule has 33 heavy (non-hydrogen) atoms. The molecule has 0 spiro atoms. The lowest BCUT2D eigenvalue weighted by molar-refractivity contribution is -0.137. The highest BCUT2D eigenvalue weighted by Gasteiger charge is 2.30. The maximum absolute atomic E-state index is 13.7. The number of halogens is 3. The number of thiophene rings is 1. The first-order valence-electron chi connectivity index (χ1n) is 10.5. The molecule has 0 radical (unpaired) electrons. The number of benzene rings is 3. The summed E-state index contributed by atoms with van der Waals surface area (Å²) in [6.07, 6.45) is -4.44. The van der Waals surface area contributed by atoms with Gasteiger partial charge in [-0.15, -0.1) is 11.3 Å². The average Bonchev–Trinajstić information content (AvgIpc) is 3.24. The second-order valence-corrected chi connectivity index (χ2v) is 9.09. The molecular formula is C27H22F3NOS. The Hall–Kier alpha value is -3.38. The molecule has 0 aliphatic rings. The lowest BCUT2D eigenvalue weighted by Gasteiger charge is -2.25. The summed E-state index contributed by atoms with van der Waals surface area (Å²) in [7, 11) is 0. The number of alkyl halides is 3. The first-order chi connectivity index (χ1) is 15.8. The van der Waals surface area contributed by atoms with Gasteiger partial charge >= 0.3 is 6.18 Å². The predicted molar refractivity (Wildman–Crippen MR) is 126 cm³/mol. The third-order valence-corrected chi connectivity index (χ3v) is 6.33. The van der Waals surface area contributed by atoms with Crippen molar-refractivity contribution in [3.63, 3.8) is 0 Å². The lowest BCUT2D eigenvalue weighted by Crippen LogP contribution is -2.30. The van der Waals surface area contributed by atoms with Crippen molar-refractivity contribution in [2.24, 2.45) is 0 Å². The summed E-state index contributed by atoms with van der Waals surface area (Å²) < 4.78 is 39.7. The Kier molecular flexibility index (Phi) is 6.65. The van der Waals surface area contributed by atoms with Crippen LogP contribution >= 0.6 is 11.3 Å². The van der Waals surface area contributed by atoms with E-state index in [4.69, 9.17) is 0 Å². The van der Waals surface area contributed by atoms with E-state index in [2.05, 4.69) is 0 Å². The van der Waals surface area contributed by atoms with Crippen molar-refractivity contribution in [1.82, 2.24) is 4.90 Å². The molecule has 0 aliphatic carbocycles. The van der Waals surface area contributed by atoms with Crippen molar-refractivity contribution in [3.8, 4) is 10.4 Å². The fraction of sp³-hybridized carbons (Fsp3) is 0.148. The lowest BCUT2D eigenvalue weighted by atomic mass is 10.0. The van der Waals surface area contributed by atoms with Crippen LogP contribution in [-0.4, -0.2) is 10.8 Å². The predicted octanol–water partition coefficient (Wildman–Crippen LogP) is 7.58. The summed E-state index contributed by atoms with van der Waals surface area (Å²) in [6, 6.07) is 26.0. The Bertz CT molecular complexity index is 1250. The van der Waals surface area contributed by atoms with Gasteiger partial charge in [-0.05, 0) is 48.4 Å². The zero-order chi connectivity index (χ0) is 23.4. The molecule has 6 heteroatoms. The van der Waals surface area contributed by atoms with E-state index < -0.39 is 11.7 Å². The normalized spacial score (nSPS) is 11.4. The minimum Gasteiger partial charge on any atom is -0.330 e. The van der Waals surface area contributed by atoms with Gasteiger partial charge in [0.2, 0.25) is 0 Å². The van der Waals surface area contributed by atoms with Gasteiger partial charge in [-0.1, -0.05) is 60.7 Å². The van der Waals surface area contributed by atoms with Crippen LogP contribution in [0.2, 0.25) is 0 Å². The fourth-order valence-electron chi connectivity index (χ4n) is 3.70. The van der Waals surface area contributed by atoms with Crippen LogP contribution in [0.4, 0.5) is 13.2 Å². The summed E-state index contributed by atoms with van der Waals surface area (Å²) in [5.74, 6) is -0.224. The first kappa shape index (κ1) is 22.8. The van der Waals surface area contributed by atoms with Gasteiger partial charge in [-0.25, -0.2) is 0 Å². The maximum atomic E-state index is 13.7. The number of hydrogen-bond donors (Lipinski definition) is 0. The molecule has 0 unspecified atom stereocenters. The van der Waals surface area contributed by atoms with Crippen molar-refractivity contribution in [2.45, 2.75) is 26.2 Å². The number of aryl methyl sites for hydroxylation is 1. The van der Waals surface area contributed by atoms with Crippen molar-refractivity contribution in [3.05, 3.63) is 118 Å². The average molecular weight is 466 g/mol. The zero-order valence-corrected chi connectivity index (χ0v) is 18.8. The van der Waals surface area contributed by atoms with Crippen molar-refractivity contribution >= 4 is 17.2 Å². The molecule has 0 N–H and O–H groups in total. The number of amides is 1. The van der Waals surface area contributed by atoms with Crippen LogP contribution in [0.15, 0.2) is 91.0 Å². The van der Waals surface area contributed by atoms with Gasteiger partial charge in [0.1, 0.15) is 0 Å². The number of carbonyl (C=O) groups is 1. The van der Waals surface area contributed by atoms with E-state index in [9.17, 15) is 18.0 Å².